The van der Waals surface area contributed by atoms with E-state index in [0.717, 1.165) is 5.56 Å². The molecule has 2 aromatic rings. The fourth-order valence-corrected chi connectivity index (χ4v) is 2.97. The summed E-state index contributed by atoms with van der Waals surface area (Å²) in [6.07, 6.45) is -0.469. The average molecular weight is 401 g/mol. The van der Waals surface area contributed by atoms with Gasteiger partial charge in [-0.3, -0.25) is 4.79 Å². The molecule has 150 valence electrons. The highest BCUT2D eigenvalue weighted by atomic mass is 19.2. The minimum atomic E-state index is -2.28. The van der Waals surface area contributed by atoms with Crippen molar-refractivity contribution in [3.8, 4) is 11.5 Å². The van der Waals surface area contributed by atoms with E-state index in [1.807, 2.05) is 6.92 Å². The number of rotatable bonds is 5. The summed E-state index contributed by atoms with van der Waals surface area (Å²) in [4.78, 5) is 12.2. The summed E-state index contributed by atoms with van der Waals surface area (Å²) in [5, 5.41) is 2.38. The van der Waals surface area contributed by atoms with Gasteiger partial charge in [0, 0.05) is 23.6 Å². The van der Waals surface area contributed by atoms with Gasteiger partial charge < -0.3 is 14.8 Å². The Morgan fingerprint density at radius 1 is 1.11 bits per heavy atom. The maximum absolute atomic E-state index is 13.8. The second-order valence-corrected chi connectivity index (χ2v) is 6.30. The molecule has 0 unspecified atom stereocenters. The number of nitrogens with one attached hydrogen (secondary N) is 1. The molecule has 0 saturated carbocycles. The number of fused-ring (bicyclic) bond motifs is 1. The Balaban J connectivity index is 1.88. The Labute approximate surface area is 157 Å². The third kappa shape index (κ3) is 3.61. The Hall–Kier alpha value is -2.84. The fraction of sp³-hybridized carbons (Fsp3) is 0.316. The van der Waals surface area contributed by atoms with E-state index >= 15 is 0 Å². The van der Waals surface area contributed by atoms with E-state index in [4.69, 9.17) is 9.47 Å². The summed E-state index contributed by atoms with van der Waals surface area (Å²) in [7, 11) is 0. The summed E-state index contributed by atoms with van der Waals surface area (Å²) < 4.78 is 78.3. The van der Waals surface area contributed by atoms with Crippen LogP contribution in [-0.2, 0) is 17.6 Å². The molecular weight excluding hydrogens is 385 g/mol. The molecule has 1 aliphatic heterocycles. The molecule has 0 saturated heterocycles. The first-order valence-electron chi connectivity index (χ1n) is 8.49. The molecule has 1 N–H and O–H groups in total. The van der Waals surface area contributed by atoms with E-state index < -0.39 is 47.0 Å². The lowest BCUT2D eigenvalue weighted by atomic mass is 10.1. The minimum Gasteiger partial charge on any atom is -0.492 e. The maximum Gasteiger partial charge on any atom is 0.229 e. The van der Waals surface area contributed by atoms with Crippen LogP contribution in [0.5, 0.6) is 11.5 Å². The van der Waals surface area contributed by atoms with E-state index in [0.29, 0.717) is 17.9 Å². The van der Waals surface area contributed by atoms with Gasteiger partial charge in [-0.25, -0.2) is 22.0 Å². The molecular formula is C19H16F5NO3. The Morgan fingerprint density at radius 3 is 2.32 bits per heavy atom. The summed E-state index contributed by atoms with van der Waals surface area (Å²) in [6, 6.07) is 3.18. The monoisotopic (exact) mass is 401 g/mol. The van der Waals surface area contributed by atoms with Crippen LogP contribution in [-0.4, -0.2) is 18.6 Å². The average Bonchev–Trinajstić information content (AvgIpc) is 3.01. The summed E-state index contributed by atoms with van der Waals surface area (Å²) in [6.45, 7) is 3.88. The number of carbonyl (C=O) groups is 1. The van der Waals surface area contributed by atoms with Gasteiger partial charge >= 0.3 is 0 Å². The quantitative estimate of drug-likeness (QED) is 0.462. The van der Waals surface area contributed by atoms with Gasteiger partial charge in [0.05, 0.1) is 18.7 Å². The van der Waals surface area contributed by atoms with Crippen LogP contribution in [0, 0.1) is 29.1 Å². The van der Waals surface area contributed by atoms with Crippen LogP contribution >= 0.6 is 0 Å². The number of hydrogen-bond acceptors (Lipinski definition) is 3. The van der Waals surface area contributed by atoms with Crippen LogP contribution in [0.1, 0.15) is 25.0 Å². The van der Waals surface area contributed by atoms with Crippen LogP contribution in [0.2, 0.25) is 0 Å². The molecule has 3 rings (SSSR count). The van der Waals surface area contributed by atoms with Crippen LogP contribution in [0.3, 0.4) is 0 Å². The van der Waals surface area contributed by atoms with Crippen LogP contribution in [0.25, 0.3) is 0 Å². The normalized spacial score (nSPS) is 15.2. The van der Waals surface area contributed by atoms with Gasteiger partial charge in [0.15, 0.2) is 23.3 Å². The second-order valence-electron chi connectivity index (χ2n) is 6.30. The SMILES string of the molecule is CCOc1cc2c(cc1NC(=O)Cc1c(F)c(F)c(F)c(F)c1F)O[C@H](C)C2. The third-order valence-corrected chi connectivity index (χ3v) is 4.21. The molecule has 1 atom stereocenters. The highest BCUT2D eigenvalue weighted by Gasteiger charge is 2.28. The van der Waals surface area contributed by atoms with Gasteiger partial charge in [-0.2, -0.15) is 0 Å². The highest BCUT2D eigenvalue weighted by Crippen LogP contribution is 2.38. The Morgan fingerprint density at radius 2 is 1.71 bits per heavy atom. The highest BCUT2D eigenvalue weighted by molar-refractivity contribution is 5.94. The smallest absolute Gasteiger partial charge is 0.229 e. The van der Waals surface area contributed by atoms with Gasteiger partial charge in [-0.15, -0.1) is 0 Å². The van der Waals surface area contributed by atoms with Crippen molar-refractivity contribution in [3.63, 3.8) is 0 Å². The second kappa shape index (κ2) is 7.65. The molecule has 1 amide bonds. The van der Waals surface area contributed by atoms with Crippen molar-refractivity contribution in [1.29, 1.82) is 0 Å². The van der Waals surface area contributed by atoms with E-state index in [9.17, 15) is 26.7 Å². The number of anilines is 1. The molecule has 0 bridgehead atoms. The first-order chi connectivity index (χ1) is 13.2. The number of halogens is 5. The lowest BCUT2D eigenvalue weighted by Gasteiger charge is -2.14. The minimum absolute atomic E-state index is 0.0659. The van der Waals surface area contributed by atoms with Crippen molar-refractivity contribution in [3.05, 3.63) is 52.3 Å². The number of hydrogen-bond donors (Lipinski definition) is 1. The molecule has 2 aromatic carbocycles. The number of amides is 1. The molecule has 0 fully saturated rings. The van der Waals surface area contributed by atoms with E-state index in [1.54, 1.807) is 13.0 Å². The van der Waals surface area contributed by atoms with Crippen molar-refractivity contribution in [2.24, 2.45) is 0 Å². The summed E-state index contributed by atoms with van der Waals surface area (Å²) in [5.74, 6) is -10.7. The molecule has 9 heteroatoms. The van der Waals surface area contributed by atoms with Crippen molar-refractivity contribution in [1.82, 2.24) is 0 Å². The third-order valence-electron chi connectivity index (χ3n) is 4.21. The van der Waals surface area contributed by atoms with E-state index in [1.165, 1.54) is 6.07 Å². The van der Waals surface area contributed by atoms with Crippen molar-refractivity contribution in [2.45, 2.75) is 32.8 Å². The van der Waals surface area contributed by atoms with Crippen LogP contribution in [0.4, 0.5) is 27.6 Å². The number of benzene rings is 2. The van der Waals surface area contributed by atoms with Crippen LogP contribution in [0.15, 0.2) is 12.1 Å². The molecule has 1 aliphatic rings. The predicted molar refractivity (Wildman–Crippen MR) is 90.0 cm³/mol. The predicted octanol–water partition coefficient (Wildman–Crippen LogP) is 4.29. The van der Waals surface area contributed by atoms with E-state index in [-0.39, 0.29) is 18.4 Å². The molecule has 28 heavy (non-hydrogen) atoms. The number of carbonyl (C=O) groups excluding carboxylic acids is 1. The molecule has 0 aromatic heterocycles. The zero-order chi connectivity index (χ0) is 20.6. The Kier molecular flexibility index (Phi) is 5.44. The zero-order valence-electron chi connectivity index (χ0n) is 15.0. The van der Waals surface area contributed by atoms with Gasteiger partial charge in [0.1, 0.15) is 17.6 Å². The first kappa shape index (κ1) is 19.9. The molecule has 0 radical (unpaired) electrons. The molecule has 4 nitrogen and oxygen atoms in total. The lowest BCUT2D eigenvalue weighted by Crippen LogP contribution is -2.19. The van der Waals surface area contributed by atoms with Gasteiger partial charge in [0.2, 0.25) is 11.7 Å². The topological polar surface area (TPSA) is 47.6 Å². The summed E-state index contributed by atoms with van der Waals surface area (Å²) in [5.41, 5.74) is -0.171. The lowest BCUT2D eigenvalue weighted by molar-refractivity contribution is -0.115. The van der Waals surface area contributed by atoms with Crippen molar-refractivity contribution < 1.29 is 36.2 Å². The van der Waals surface area contributed by atoms with E-state index in [2.05, 4.69) is 5.32 Å². The Bertz CT molecular complexity index is 919. The van der Waals surface area contributed by atoms with Crippen molar-refractivity contribution >= 4 is 11.6 Å². The number of ether oxygens (including phenoxy) is 2. The van der Waals surface area contributed by atoms with Gasteiger partial charge in [-0.05, 0) is 19.9 Å². The van der Waals surface area contributed by atoms with Gasteiger partial charge in [0.25, 0.3) is 0 Å². The first-order valence-corrected chi connectivity index (χ1v) is 8.49. The summed E-state index contributed by atoms with van der Waals surface area (Å²) >= 11 is 0. The fourth-order valence-electron chi connectivity index (χ4n) is 2.97. The molecule has 0 spiro atoms. The maximum atomic E-state index is 13.8. The molecule has 1 heterocycles. The zero-order valence-corrected chi connectivity index (χ0v) is 15.0. The molecule has 0 aliphatic carbocycles. The van der Waals surface area contributed by atoms with Crippen molar-refractivity contribution in [2.75, 3.05) is 11.9 Å². The largest absolute Gasteiger partial charge is 0.492 e. The standard InChI is InChI=1S/C19H16F5NO3/c1-3-27-13-5-9-4-8(2)28-12(9)7-11(13)25-14(26)6-10-15(20)17(22)19(24)18(23)16(10)21/h5,7-8H,3-4,6H2,1-2H3,(H,25,26)/t8-/m1/s1. The van der Waals surface area contributed by atoms with Gasteiger partial charge in [-0.1, -0.05) is 0 Å². The van der Waals surface area contributed by atoms with Crippen LogP contribution < -0.4 is 14.8 Å².